The second-order valence-electron chi connectivity index (χ2n) is 4.07. The van der Waals surface area contributed by atoms with E-state index in [9.17, 15) is 5.11 Å². The molecule has 1 unspecified atom stereocenters. The first-order chi connectivity index (χ1) is 7.77. The molecule has 1 N–H and O–H groups in total. The summed E-state index contributed by atoms with van der Waals surface area (Å²) in [5.41, 5.74) is 0.390. The van der Waals surface area contributed by atoms with Gasteiger partial charge in [0.1, 0.15) is 5.60 Å². The monoisotopic (exact) mass is 254 g/mol. The van der Waals surface area contributed by atoms with E-state index in [4.69, 9.17) is 0 Å². The van der Waals surface area contributed by atoms with Crippen LogP contribution in [0.4, 0.5) is 0 Å². The third-order valence-electron chi connectivity index (χ3n) is 3.03. The van der Waals surface area contributed by atoms with Gasteiger partial charge in [-0.05, 0) is 29.9 Å². The summed E-state index contributed by atoms with van der Waals surface area (Å²) in [4.78, 5) is 0. The quantitative estimate of drug-likeness (QED) is 0.892. The van der Waals surface area contributed by atoms with Gasteiger partial charge < -0.3 is 5.11 Å². The van der Waals surface area contributed by atoms with Gasteiger partial charge in [0.15, 0.2) is 0 Å². The van der Waals surface area contributed by atoms with Crippen LogP contribution in [0, 0.1) is 0 Å². The number of hydrogen-bond acceptors (Lipinski definition) is 3. The molecule has 0 aliphatic carbocycles. The highest BCUT2D eigenvalue weighted by atomic mass is 32.2. The van der Waals surface area contributed by atoms with Crippen LogP contribution in [0.2, 0.25) is 0 Å². The number of hydrogen-bond donors (Lipinski definition) is 1. The lowest BCUT2D eigenvalue weighted by Crippen LogP contribution is -2.36. The van der Waals surface area contributed by atoms with Crippen molar-refractivity contribution >= 4 is 23.5 Å². The molecule has 1 atom stereocenters. The number of benzene rings is 1. The Morgan fingerprint density at radius 3 is 2.44 bits per heavy atom. The van der Waals surface area contributed by atoms with E-state index in [0.717, 1.165) is 12.0 Å². The predicted octanol–water partition coefficient (Wildman–Crippen LogP) is 3.48. The molecule has 1 nitrogen and oxygen atoms in total. The molecule has 1 aromatic carbocycles. The highest BCUT2D eigenvalue weighted by Crippen LogP contribution is 2.44. The van der Waals surface area contributed by atoms with Crippen molar-refractivity contribution in [3.63, 3.8) is 0 Å². The van der Waals surface area contributed by atoms with E-state index in [0.29, 0.717) is 0 Å². The molecule has 1 heterocycles. The normalized spacial score (nSPS) is 21.6. The number of rotatable bonds is 3. The molecule has 1 aromatic rings. The molecule has 0 amide bonds. The van der Waals surface area contributed by atoms with Gasteiger partial charge in [-0.2, -0.15) is 0 Å². The second kappa shape index (κ2) is 5.48. The van der Waals surface area contributed by atoms with Crippen molar-refractivity contribution in [3.05, 3.63) is 35.9 Å². The van der Waals surface area contributed by atoms with Crippen LogP contribution in [0.25, 0.3) is 0 Å². The smallest absolute Gasteiger partial charge is 0.110 e. The summed E-state index contributed by atoms with van der Waals surface area (Å²) >= 11 is 3.81. The SMILES string of the molecule is CCC(O)(c1ccccc1)C1SCCCS1. The Kier molecular flexibility index (Phi) is 4.22. The van der Waals surface area contributed by atoms with Crippen molar-refractivity contribution in [1.29, 1.82) is 0 Å². The van der Waals surface area contributed by atoms with Crippen LogP contribution in [0.5, 0.6) is 0 Å². The lowest BCUT2D eigenvalue weighted by molar-refractivity contribution is 0.0501. The first-order valence-electron chi connectivity index (χ1n) is 5.78. The maximum atomic E-state index is 10.9. The summed E-state index contributed by atoms with van der Waals surface area (Å²) in [7, 11) is 0. The minimum absolute atomic E-state index is 0.286. The fourth-order valence-electron chi connectivity index (χ4n) is 2.00. The average Bonchev–Trinajstić information content (AvgIpc) is 2.40. The zero-order chi connectivity index (χ0) is 11.4. The van der Waals surface area contributed by atoms with Gasteiger partial charge in [-0.15, -0.1) is 23.5 Å². The van der Waals surface area contributed by atoms with Crippen molar-refractivity contribution in [1.82, 2.24) is 0 Å². The number of aliphatic hydroxyl groups is 1. The summed E-state index contributed by atoms with van der Waals surface area (Å²) in [5.74, 6) is 2.35. The third-order valence-corrected chi connectivity index (χ3v) is 6.28. The molecule has 2 rings (SSSR count). The van der Waals surface area contributed by atoms with E-state index in [1.165, 1.54) is 17.9 Å². The van der Waals surface area contributed by atoms with E-state index in [1.54, 1.807) is 0 Å². The van der Waals surface area contributed by atoms with Crippen LogP contribution >= 0.6 is 23.5 Å². The van der Waals surface area contributed by atoms with Crippen molar-refractivity contribution in [2.24, 2.45) is 0 Å². The Labute approximate surface area is 106 Å². The molecule has 0 aromatic heterocycles. The fourth-order valence-corrected chi connectivity index (χ4v) is 5.35. The van der Waals surface area contributed by atoms with Gasteiger partial charge in [-0.1, -0.05) is 37.3 Å². The zero-order valence-electron chi connectivity index (χ0n) is 9.56. The molecule has 16 heavy (non-hydrogen) atoms. The molecule has 88 valence electrons. The van der Waals surface area contributed by atoms with E-state index in [2.05, 4.69) is 6.92 Å². The highest BCUT2D eigenvalue weighted by Gasteiger charge is 2.38. The molecule has 1 aliphatic rings. The maximum Gasteiger partial charge on any atom is 0.110 e. The first-order valence-corrected chi connectivity index (χ1v) is 7.88. The molecule has 0 saturated carbocycles. The highest BCUT2D eigenvalue weighted by molar-refractivity contribution is 8.17. The van der Waals surface area contributed by atoms with E-state index < -0.39 is 5.60 Å². The van der Waals surface area contributed by atoms with Gasteiger partial charge >= 0.3 is 0 Å². The van der Waals surface area contributed by atoms with Crippen molar-refractivity contribution < 1.29 is 5.11 Å². The van der Waals surface area contributed by atoms with Crippen LogP contribution < -0.4 is 0 Å². The fraction of sp³-hybridized carbons (Fsp3) is 0.538. The van der Waals surface area contributed by atoms with E-state index >= 15 is 0 Å². The van der Waals surface area contributed by atoms with Gasteiger partial charge in [0, 0.05) is 0 Å². The molecule has 1 fully saturated rings. The molecule has 1 aliphatic heterocycles. The van der Waals surface area contributed by atoms with Crippen molar-refractivity contribution in [3.8, 4) is 0 Å². The van der Waals surface area contributed by atoms with Crippen molar-refractivity contribution in [2.75, 3.05) is 11.5 Å². The molecule has 0 radical (unpaired) electrons. The van der Waals surface area contributed by atoms with Crippen LogP contribution in [0.15, 0.2) is 30.3 Å². The Bertz CT molecular complexity index is 322. The Balaban J connectivity index is 2.24. The molecule has 3 heteroatoms. The maximum absolute atomic E-state index is 10.9. The van der Waals surface area contributed by atoms with E-state index in [1.807, 2.05) is 53.9 Å². The van der Waals surface area contributed by atoms with Gasteiger partial charge in [0.05, 0.1) is 4.58 Å². The van der Waals surface area contributed by atoms with Gasteiger partial charge in [0.25, 0.3) is 0 Å². The Morgan fingerprint density at radius 1 is 1.25 bits per heavy atom. The molecule has 1 saturated heterocycles. The standard InChI is InChI=1S/C13H18OS2/c1-2-13(14,11-7-4-3-5-8-11)12-15-9-6-10-16-12/h3-5,7-8,12,14H,2,6,9-10H2,1H3. The van der Waals surface area contributed by atoms with Gasteiger partial charge in [-0.3, -0.25) is 0 Å². The molecular weight excluding hydrogens is 236 g/mol. The van der Waals surface area contributed by atoms with Crippen molar-refractivity contribution in [2.45, 2.75) is 29.9 Å². The molecule has 0 bridgehead atoms. The second-order valence-corrected chi connectivity index (χ2v) is 6.80. The average molecular weight is 254 g/mol. The first kappa shape index (κ1) is 12.3. The Morgan fingerprint density at radius 2 is 1.88 bits per heavy atom. The van der Waals surface area contributed by atoms with Gasteiger partial charge in [0.2, 0.25) is 0 Å². The summed E-state index contributed by atoms with van der Waals surface area (Å²) in [6, 6.07) is 10.1. The number of thioether (sulfide) groups is 2. The lowest BCUT2D eigenvalue weighted by atomic mass is 9.93. The largest absolute Gasteiger partial charge is 0.383 e. The topological polar surface area (TPSA) is 20.2 Å². The predicted molar refractivity (Wildman–Crippen MR) is 74.0 cm³/mol. The molecular formula is C13H18OS2. The molecule has 0 spiro atoms. The van der Waals surface area contributed by atoms with Crippen LogP contribution in [-0.2, 0) is 5.60 Å². The zero-order valence-corrected chi connectivity index (χ0v) is 11.2. The summed E-state index contributed by atoms with van der Waals surface area (Å²) < 4.78 is 0.286. The third kappa shape index (κ3) is 2.41. The minimum atomic E-state index is -0.670. The van der Waals surface area contributed by atoms with E-state index in [-0.39, 0.29) is 4.58 Å². The van der Waals surface area contributed by atoms with Gasteiger partial charge in [-0.25, -0.2) is 0 Å². The van der Waals surface area contributed by atoms with Crippen LogP contribution in [0.3, 0.4) is 0 Å². The summed E-state index contributed by atoms with van der Waals surface area (Å²) in [6.45, 7) is 2.07. The lowest BCUT2D eigenvalue weighted by Gasteiger charge is -2.37. The Hall–Kier alpha value is -0.120. The summed E-state index contributed by atoms with van der Waals surface area (Å²) in [5, 5.41) is 10.9. The van der Waals surface area contributed by atoms with Crippen LogP contribution in [0.1, 0.15) is 25.3 Å². The van der Waals surface area contributed by atoms with Crippen LogP contribution in [-0.4, -0.2) is 21.2 Å². The summed E-state index contributed by atoms with van der Waals surface area (Å²) in [6.07, 6.45) is 2.04. The minimum Gasteiger partial charge on any atom is -0.383 e.